The van der Waals surface area contributed by atoms with Gasteiger partial charge in [0.25, 0.3) is 0 Å². The topological polar surface area (TPSA) is 9.23 Å². The molecule has 210 valence electrons. The second-order valence-corrected chi connectivity index (χ2v) is 14.0. The summed E-state index contributed by atoms with van der Waals surface area (Å²) in [6.45, 7) is 35.3. The Bertz CT molecular complexity index is 1540. The predicted octanol–water partition coefficient (Wildman–Crippen LogP) is 11.0. The van der Waals surface area contributed by atoms with Crippen molar-refractivity contribution in [3.63, 3.8) is 0 Å². The molecule has 5 rings (SSSR count). The van der Waals surface area contributed by atoms with Gasteiger partial charge in [0.2, 0.25) is 0 Å². The van der Waals surface area contributed by atoms with Crippen LogP contribution >= 0.6 is 0 Å². The highest BCUT2D eigenvalue weighted by atomic mass is 16.5. The maximum Gasteiger partial charge on any atom is 0.118 e. The minimum atomic E-state index is -0.140. The summed E-state index contributed by atoms with van der Waals surface area (Å²) in [4.78, 5) is 0. The Morgan fingerprint density at radius 2 is 1.60 bits per heavy atom. The Balaban J connectivity index is 1.78. The zero-order valence-corrected chi connectivity index (χ0v) is 26.6. The number of rotatable bonds is 4. The molecule has 3 aliphatic carbocycles. The average Bonchev–Trinajstić information content (AvgIpc) is 2.85. The van der Waals surface area contributed by atoms with E-state index in [1.807, 2.05) is 0 Å². The van der Waals surface area contributed by atoms with Gasteiger partial charge in [-0.2, -0.15) is 0 Å². The Labute approximate surface area is 243 Å². The van der Waals surface area contributed by atoms with Gasteiger partial charge in [-0.05, 0) is 132 Å². The molecule has 0 aliphatic heterocycles. The molecule has 40 heavy (non-hydrogen) atoms. The van der Waals surface area contributed by atoms with E-state index >= 15 is 0 Å². The molecule has 0 saturated carbocycles. The summed E-state index contributed by atoms with van der Waals surface area (Å²) in [6, 6.07) is 11.0. The van der Waals surface area contributed by atoms with Crippen molar-refractivity contribution in [2.24, 2.45) is 16.2 Å². The zero-order valence-electron chi connectivity index (χ0n) is 26.6. The van der Waals surface area contributed by atoms with Crippen LogP contribution in [0.2, 0.25) is 0 Å². The van der Waals surface area contributed by atoms with E-state index in [-0.39, 0.29) is 16.2 Å². The van der Waals surface area contributed by atoms with Gasteiger partial charge < -0.3 is 4.74 Å². The summed E-state index contributed by atoms with van der Waals surface area (Å²) in [7, 11) is 1.72. The molecule has 0 N–H and O–H groups in total. The van der Waals surface area contributed by atoms with Gasteiger partial charge in [0, 0.05) is 5.41 Å². The standard InChI is InChI=1S/C39H48O/c1-22(2)31-18-32(29-14-16-30(40-13)17-15-29)25(6)35-26(7)36-28(9)39(12)27(8)34(23(3)4)24(5)19-38(39,11)21-37(36,10)20-33(31)35/h14-18,22H,3,7-8,19-21H2,1-2,4-6,9-13H3/t37-,38+,39-/m1/s1. The van der Waals surface area contributed by atoms with Crippen LogP contribution in [0, 0.1) is 23.2 Å². The molecular weight excluding hydrogens is 484 g/mol. The van der Waals surface area contributed by atoms with Crippen LogP contribution in [0.25, 0.3) is 16.7 Å². The fraction of sp³-hybridized carbons (Fsp3) is 0.436. The number of methoxy groups -OCH3 is 1. The van der Waals surface area contributed by atoms with Gasteiger partial charge >= 0.3 is 0 Å². The second-order valence-electron chi connectivity index (χ2n) is 14.0. The summed E-state index contributed by atoms with van der Waals surface area (Å²) >= 11 is 0. The molecule has 2 aromatic carbocycles. The molecule has 3 aliphatic rings. The van der Waals surface area contributed by atoms with Crippen LogP contribution in [0.15, 0.2) is 83.5 Å². The van der Waals surface area contributed by atoms with Gasteiger partial charge in [-0.15, -0.1) is 0 Å². The van der Waals surface area contributed by atoms with E-state index < -0.39 is 0 Å². The maximum atomic E-state index is 5.45. The molecular formula is C39H48O. The molecule has 0 spiro atoms. The highest BCUT2D eigenvalue weighted by Crippen LogP contribution is 2.70. The van der Waals surface area contributed by atoms with Gasteiger partial charge in [-0.1, -0.05) is 89.3 Å². The Morgan fingerprint density at radius 1 is 0.975 bits per heavy atom. The van der Waals surface area contributed by atoms with Gasteiger partial charge in [-0.25, -0.2) is 0 Å². The van der Waals surface area contributed by atoms with Crippen LogP contribution in [0.1, 0.15) is 96.4 Å². The molecule has 0 amide bonds. The van der Waals surface area contributed by atoms with Crippen molar-refractivity contribution in [1.29, 1.82) is 0 Å². The molecule has 0 bridgehead atoms. The number of hydrogen-bond donors (Lipinski definition) is 0. The van der Waals surface area contributed by atoms with Gasteiger partial charge in [-0.3, -0.25) is 0 Å². The van der Waals surface area contributed by atoms with Crippen molar-refractivity contribution in [2.45, 2.75) is 87.5 Å². The van der Waals surface area contributed by atoms with Gasteiger partial charge in [0.1, 0.15) is 5.75 Å². The summed E-state index contributed by atoms with van der Waals surface area (Å²) in [5, 5.41) is 0. The normalized spacial score (nSPS) is 28.0. The monoisotopic (exact) mass is 532 g/mol. The molecule has 3 atom stereocenters. The summed E-state index contributed by atoms with van der Waals surface area (Å²) < 4.78 is 5.45. The molecule has 0 aromatic heterocycles. The molecule has 1 heteroatoms. The number of hydrogen-bond acceptors (Lipinski definition) is 1. The lowest BCUT2D eigenvalue weighted by atomic mass is 9.41. The van der Waals surface area contributed by atoms with Crippen molar-refractivity contribution in [3.8, 4) is 16.9 Å². The van der Waals surface area contributed by atoms with Crippen molar-refractivity contribution in [2.75, 3.05) is 7.11 Å². The highest BCUT2D eigenvalue weighted by Gasteiger charge is 2.59. The van der Waals surface area contributed by atoms with Crippen molar-refractivity contribution < 1.29 is 4.74 Å². The van der Waals surface area contributed by atoms with Crippen LogP contribution in [-0.2, 0) is 6.42 Å². The summed E-state index contributed by atoms with van der Waals surface area (Å²) in [5.74, 6) is 1.31. The third kappa shape index (κ3) is 3.73. The quantitative estimate of drug-likeness (QED) is 0.380. The lowest BCUT2D eigenvalue weighted by molar-refractivity contribution is 0.0543. The van der Waals surface area contributed by atoms with Crippen LogP contribution in [0.4, 0.5) is 0 Å². The van der Waals surface area contributed by atoms with E-state index in [0.29, 0.717) is 5.92 Å². The smallest absolute Gasteiger partial charge is 0.118 e. The van der Waals surface area contributed by atoms with E-state index in [4.69, 9.17) is 17.9 Å². The first-order chi connectivity index (χ1) is 18.6. The SMILES string of the molecule is C=C(C)C1=C(C)C[C@@]2(C)C[C@@]3(C)Cc4c(C(C)C)cc(-c5ccc(OC)cc5)c(C)c4C(=C)C3=C(C)[C@@]2(C)C1=C. The molecule has 1 nitrogen and oxygen atoms in total. The van der Waals surface area contributed by atoms with E-state index in [9.17, 15) is 0 Å². The maximum absolute atomic E-state index is 5.45. The van der Waals surface area contributed by atoms with Crippen LogP contribution in [0.5, 0.6) is 5.75 Å². The average molecular weight is 533 g/mol. The van der Waals surface area contributed by atoms with E-state index in [1.165, 1.54) is 66.8 Å². The van der Waals surface area contributed by atoms with Crippen LogP contribution < -0.4 is 4.74 Å². The highest BCUT2D eigenvalue weighted by molar-refractivity contribution is 5.90. The van der Waals surface area contributed by atoms with E-state index in [1.54, 1.807) is 7.11 Å². The van der Waals surface area contributed by atoms with Gasteiger partial charge in [0.05, 0.1) is 7.11 Å². The summed E-state index contributed by atoms with van der Waals surface area (Å²) in [6.07, 6.45) is 3.26. The number of benzene rings is 2. The number of allylic oxidation sites excluding steroid dienone is 7. The minimum absolute atomic E-state index is 0.0292. The van der Waals surface area contributed by atoms with Crippen LogP contribution in [-0.4, -0.2) is 7.11 Å². The Kier molecular flexibility index (Phi) is 6.57. The molecule has 0 fully saturated rings. The van der Waals surface area contributed by atoms with Crippen molar-refractivity contribution >= 4 is 5.57 Å². The number of ether oxygens (including phenoxy) is 1. The zero-order chi connectivity index (χ0) is 29.5. The fourth-order valence-corrected chi connectivity index (χ4v) is 9.21. The first-order valence-electron chi connectivity index (χ1n) is 14.9. The van der Waals surface area contributed by atoms with Crippen molar-refractivity contribution in [3.05, 3.63) is 106 Å². The molecule has 0 heterocycles. The van der Waals surface area contributed by atoms with E-state index in [2.05, 4.69) is 99.2 Å². The lowest BCUT2D eigenvalue weighted by Crippen LogP contribution is -2.52. The second kappa shape index (κ2) is 9.23. The van der Waals surface area contributed by atoms with Crippen LogP contribution in [0.3, 0.4) is 0 Å². The first kappa shape index (κ1) is 28.5. The minimum Gasteiger partial charge on any atom is -0.497 e. The molecule has 0 radical (unpaired) electrons. The predicted molar refractivity (Wildman–Crippen MR) is 173 cm³/mol. The fourth-order valence-electron chi connectivity index (χ4n) is 9.21. The van der Waals surface area contributed by atoms with E-state index in [0.717, 1.165) is 30.6 Å². The molecule has 0 saturated heterocycles. The summed E-state index contributed by atoms with van der Waals surface area (Å²) in [5.41, 5.74) is 17.4. The van der Waals surface area contributed by atoms with Crippen molar-refractivity contribution in [1.82, 2.24) is 0 Å². The van der Waals surface area contributed by atoms with Gasteiger partial charge in [0.15, 0.2) is 0 Å². The first-order valence-corrected chi connectivity index (χ1v) is 14.9. The lowest BCUT2D eigenvalue weighted by Gasteiger charge is -2.62. The third-order valence-electron chi connectivity index (χ3n) is 11.1. The Morgan fingerprint density at radius 3 is 2.15 bits per heavy atom. The molecule has 0 unspecified atom stereocenters. The third-order valence-corrected chi connectivity index (χ3v) is 11.1. The Hall–Kier alpha value is -3.06. The number of fused-ring (bicyclic) bond motifs is 3. The largest absolute Gasteiger partial charge is 0.497 e. The molecule has 2 aromatic rings.